The highest BCUT2D eigenvalue weighted by Gasteiger charge is 2.10. The lowest BCUT2D eigenvalue weighted by molar-refractivity contribution is 0.102. The van der Waals surface area contributed by atoms with Crippen LogP contribution in [0.4, 0.5) is 5.69 Å². The van der Waals surface area contributed by atoms with Gasteiger partial charge in [-0.2, -0.15) is 5.10 Å². The maximum absolute atomic E-state index is 12.6. The number of carbonyl (C=O) groups excluding carboxylic acids is 1. The van der Waals surface area contributed by atoms with E-state index in [0.29, 0.717) is 11.3 Å². The number of para-hydroxylation sites is 1. The molecular weight excluding hydrogens is 324 g/mol. The molecule has 0 saturated heterocycles. The first kappa shape index (κ1) is 15.8. The summed E-state index contributed by atoms with van der Waals surface area (Å²) in [6.45, 7) is 0. The van der Waals surface area contributed by atoms with E-state index in [1.54, 1.807) is 30.6 Å². The van der Waals surface area contributed by atoms with Gasteiger partial charge >= 0.3 is 0 Å². The van der Waals surface area contributed by atoms with Crippen LogP contribution in [0.5, 0.6) is 0 Å². The van der Waals surface area contributed by atoms with Gasteiger partial charge in [0.05, 0.1) is 23.1 Å². The van der Waals surface area contributed by atoms with Crippen molar-refractivity contribution in [3.63, 3.8) is 0 Å². The normalized spacial score (nSPS) is 11.1. The highest BCUT2D eigenvalue weighted by molar-refractivity contribution is 6.07. The Morgan fingerprint density at radius 2 is 1.81 bits per heavy atom. The average Bonchev–Trinajstić information content (AvgIpc) is 3.10. The monoisotopic (exact) mass is 340 g/mol. The van der Waals surface area contributed by atoms with Crippen LogP contribution in [0.1, 0.15) is 21.6 Å². The molecule has 2 heterocycles. The zero-order valence-corrected chi connectivity index (χ0v) is 13.9. The summed E-state index contributed by atoms with van der Waals surface area (Å²) in [7, 11) is 0. The molecule has 0 spiro atoms. The van der Waals surface area contributed by atoms with E-state index < -0.39 is 0 Å². The van der Waals surface area contributed by atoms with Crippen LogP contribution in [-0.2, 0) is 0 Å². The second kappa shape index (κ2) is 7.03. The topological polar surface area (TPSA) is 70.7 Å². The average molecular weight is 340 g/mol. The number of hydrogen-bond donors (Lipinski definition) is 2. The van der Waals surface area contributed by atoms with Gasteiger partial charge in [-0.05, 0) is 35.9 Å². The second-order valence-corrected chi connectivity index (χ2v) is 5.77. The summed E-state index contributed by atoms with van der Waals surface area (Å²) in [5.41, 5.74) is 3.89. The molecule has 0 aliphatic carbocycles. The van der Waals surface area contributed by atoms with Gasteiger partial charge in [-0.1, -0.05) is 42.5 Å². The van der Waals surface area contributed by atoms with Crippen LogP contribution in [0.25, 0.3) is 23.1 Å². The number of aromatic nitrogens is 3. The van der Waals surface area contributed by atoms with Crippen molar-refractivity contribution in [3.05, 3.63) is 89.9 Å². The number of hydrogen-bond acceptors (Lipinski definition) is 3. The molecule has 2 aromatic heterocycles. The summed E-state index contributed by atoms with van der Waals surface area (Å²) in [6, 6.07) is 19.0. The molecule has 0 atom stereocenters. The van der Waals surface area contributed by atoms with E-state index in [9.17, 15) is 4.79 Å². The predicted octanol–water partition coefficient (Wildman–Crippen LogP) is 4.38. The zero-order valence-electron chi connectivity index (χ0n) is 13.9. The number of amides is 1. The minimum Gasteiger partial charge on any atom is -0.321 e. The van der Waals surface area contributed by atoms with Gasteiger partial charge in [0.1, 0.15) is 0 Å². The highest BCUT2D eigenvalue weighted by Crippen LogP contribution is 2.19. The molecule has 0 saturated carbocycles. The van der Waals surface area contributed by atoms with Crippen LogP contribution < -0.4 is 5.32 Å². The SMILES string of the molecule is O=C(Nc1cccnc1)c1ccccc1/C=C/c1n[nH]c2ccccc12. The Labute approximate surface area is 150 Å². The number of rotatable bonds is 4. The Kier molecular flexibility index (Phi) is 4.26. The van der Waals surface area contributed by atoms with E-state index in [2.05, 4.69) is 20.5 Å². The number of nitrogens with one attached hydrogen (secondary N) is 2. The fourth-order valence-corrected chi connectivity index (χ4v) is 2.76. The minimum absolute atomic E-state index is 0.176. The summed E-state index contributed by atoms with van der Waals surface area (Å²) in [6.07, 6.45) is 7.10. The van der Waals surface area contributed by atoms with Crippen molar-refractivity contribution < 1.29 is 4.79 Å². The van der Waals surface area contributed by atoms with Crippen molar-refractivity contribution in [1.82, 2.24) is 15.2 Å². The number of aromatic amines is 1. The molecule has 0 aliphatic rings. The number of fused-ring (bicyclic) bond motifs is 1. The van der Waals surface area contributed by atoms with Crippen molar-refractivity contribution >= 4 is 34.6 Å². The molecule has 5 nitrogen and oxygen atoms in total. The van der Waals surface area contributed by atoms with E-state index in [-0.39, 0.29) is 5.91 Å². The van der Waals surface area contributed by atoms with Crippen LogP contribution >= 0.6 is 0 Å². The lowest BCUT2D eigenvalue weighted by Crippen LogP contribution is -2.13. The largest absolute Gasteiger partial charge is 0.321 e. The molecule has 0 aliphatic heterocycles. The molecule has 0 fully saturated rings. The number of nitrogens with zero attached hydrogens (tertiary/aromatic N) is 2. The predicted molar refractivity (Wildman–Crippen MR) is 104 cm³/mol. The standard InChI is InChI=1S/C21H16N4O/c26-21(23-16-7-5-13-22-14-16)17-8-2-1-6-15(17)11-12-20-18-9-3-4-10-19(18)24-25-20/h1-14H,(H,23,26)(H,24,25)/b12-11+. The Morgan fingerprint density at radius 1 is 0.962 bits per heavy atom. The number of anilines is 1. The summed E-state index contributed by atoms with van der Waals surface area (Å²) < 4.78 is 0. The van der Waals surface area contributed by atoms with Crippen molar-refractivity contribution in [1.29, 1.82) is 0 Å². The number of pyridine rings is 1. The van der Waals surface area contributed by atoms with Crippen LogP contribution in [0.3, 0.4) is 0 Å². The number of benzene rings is 2. The summed E-state index contributed by atoms with van der Waals surface area (Å²) >= 11 is 0. The smallest absolute Gasteiger partial charge is 0.256 e. The lowest BCUT2D eigenvalue weighted by Gasteiger charge is -2.07. The molecule has 126 valence electrons. The quantitative estimate of drug-likeness (QED) is 0.579. The van der Waals surface area contributed by atoms with Crippen molar-refractivity contribution in [3.8, 4) is 0 Å². The number of H-pyrrole nitrogens is 1. The fourth-order valence-electron chi connectivity index (χ4n) is 2.76. The minimum atomic E-state index is -0.176. The number of carbonyl (C=O) groups is 1. The summed E-state index contributed by atoms with van der Waals surface area (Å²) in [4.78, 5) is 16.6. The first-order valence-corrected chi connectivity index (χ1v) is 8.23. The van der Waals surface area contributed by atoms with E-state index in [4.69, 9.17) is 0 Å². The van der Waals surface area contributed by atoms with Crippen molar-refractivity contribution in [2.24, 2.45) is 0 Å². The molecule has 0 bridgehead atoms. The molecule has 4 aromatic rings. The zero-order chi connectivity index (χ0) is 17.8. The van der Waals surface area contributed by atoms with Gasteiger partial charge in [-0.25, -0.2) is 0 Å². The van der Waals surface area contributed by atoms with Gasteiger partial charge in [0.2, 0.25) is 0 Å². The molecule has 1 amide bonds. The Morgan fingerprint density at radius 3 is 2.69 bits per heavy atom. The van der Waals surface area contributed by atoms with E-state index >= 15 is 0 Å². The molecule has 5 heteroatoms. The molecular formula is C21H16N4O. The van der Waals surface area contributed by atoms with E-state index in [1.807, 2.05) is 54.6 Å². The summed E-state index contributed by atoms with van der Waals surface area (Å²) in [5, 5.41) is 11.2. The van der Waals surface area contributed by atoms with Gasteiger partial charge in [-0.15, -0.1) is 0 Å². The van der Waals surface area contributed by atoms with Gasteiger partial charge in [0.25, 0.3) is 5.91 Å². The van der Waals surface area contributed by atoms with Crippen molar-refractivity contribution in [2.75, 3.05) is 5.32 Å². The van der Waals surface area contributed by atoms with Crippen LogP contribution in [0.15, 0.2) is 73.1 Å². The lowest BCUT2D eigenvalue weighted by atomic mass is 10.1. The fraction of sp³-hybridized carbons (Fsp3) is 0. The third-order valence-corrected chi connectivity index (χ3v) is 4.05. The first-order valence-electron chi connectivity index (χ1n) is 8.23. The Hall–Kier alpha value is -3.73. The van der Waals surface area contributed by atoms with E-state index in [0.717, 1.165) is 22.2 Å². The van der Waals surface area contributed by atoms with Crippen molar-refractivity contribution in [2.45, 2.75) is 0 Å². The van der Waals surface area contributed by atoms with Gasteiger partial charge < -0.3 is 5.32 Å². The maximum atomic E-state index is 12.6. The van der Waals surface area contributed by atoms with Crippen LogP contribution in [-0.4, -0.2) is 21.1 Å². The van der Waals surface area contributed by atoms with Gasteiger partial charge in [-0.3, -0.25) is 14.9 Å². The molecule has 4 rings (SSSR count). The Bertz CT molecular complexity index is 1080. The molecule has 0 unspecified atom stereocenters. The summed E-state index contributed by atoms with van der Waals surface area (Å²) in [5.74, 6) is -0.176. The molecule has 26 heavy (non-hydrogen) atoms. The maximum Gasteiger partial charge on any atom is 0.256 e. The molecule has 0 radical (unpaired) electrons. The highest BCUT2D eigenvalue weighted by atomic mass is 16.1. The van der Waals surface area contributed by atoms with E-state index in [1.165, 1.54) is 0 Å². The van der Waals surface area contributed by atoms with Crippen LogP contribution in [0.2, 0.25) is 0 Å². The molecule has 2 N–H and O–H groups in total. The third-order valence-electron chi connectivity index (χ3n) is 4.05. The second-order valence-electron chi connectivity index (χ2n) is 5.77. The molecule has 2 aromatic carbocycles. The Balaban J connectivity index is 1.62. The van der Waals surface area contributed by atoms with Gasteiger partial charge in [0, 0.05) is 17.1 Å². The van der Waals surface area contributed by atoms with Gasteiger partial charge in [0.15, 0.2) is 0 Å². The third kappa shape index (κ3) is 3.23. The van der Waals surface area contributed by atoms with Crippen LogP contribution in [0, 0.1) is 0 Å². The first-order chi connectivity index (χ1) is 12.8.